The van der Waals surface area contributed by atoms with Crippen LogP contribution in [0.1, 0.15) is 37.8 Å². The first kappa shape index (κ1) is 14.8. The fourth-order valence-corrected chi connectivity index (χ4v) is 3.19. The first-order valence-corrected chi connectivity index (χ1v) is 7.57. The highest BCUT2D eigenvalue weighted by atomic mass is 32.1. The van der Waals surface area contributed by atoms with Crippen LogP contribution >= 0.6 is 11.3 Å². The van der Waals surface area contributed by atoms with E-state index in [0.717, 1.165) is 31.4 Å². The van der Waals surface area contributed by atoms with Crippen LogP contribution in [0.5, 0.6) is 0 Å². The number of nitrogens with one attached hydrogen (secondary N) is 1. The summed E-state index contributed by atoms with van der Waals surface area (Å²) in [6.45, 7) is 0.429. The molecule has 1 aromatic heterocycles. The van der Waals surface area contributed by atoms with Crippen molar-refractivity contribution < 1.29 is 14.7 Å². The summed E-state index contributed by atoms with van der Waals surface area (Å²) in [4.78, 5) is 28.9. The molecule has 6 nitrogen and oxygen atoms in total. The van der Waals surface area contributed by atoms with E-state index in [2.05, 4.69) is 10.3 Å². The molecule has 1 heterocycles. The summed E-state index contributed by atoms with van der Waals surface area (Å²) in [6, 6.07) is -0.235. The SMILES string of the molecule is CN(Cc1cscn1)C(=O)NC1(CC(=O)O)CCCC1. The van der Waals surface area contributed by atoms with Crippen LogP contribution in [-0.4, -0.2) is 39.6 Å². The van der Waals surface area contributed by atoms with Gasteiger partial charge >= 0.3 is 12.0 Å². The first-order valence-electron chi connectivity index (χ1n) is 6.63. The normalized spacial score (nSPS) is 16.9. The summed E-state index contributed by atoms with van der Waals surface area (Å²) in [5.41, 5.74) is 1.98. The van der Waals surface area contributed by atoms with Gasteiger partial charge in [-0.2, -0.15) is 0 Å². The summed E-state index contributed by atoms with van der Waals surface area (Å²) in [7, 11) is 1.69. The van der Waals surface area contributed by atoms with E-state index in [1.807, 2.05) is 5.38 Å². The van der Waals surface area contributed by atoms with E-state index in [0.29, 0.717) is 6.54 Å². The highest BCUT2D eigenvalue weighted by Crippen LogP contribution is 2.32. The second-order valence-corrected chi connectivity index (χ2v) is 6.04. The zero-order valence-electron chi connectivity index (χ0n) is 11.5. The Morgan fingerprint density at radius 1 is 1.50 bits per heavy atom. The van der Waals surface area contributed by atoms with Gasteiger partial charge < -0.3 is 15.3 Å². The number of urea groups is 1. The van der Waals surface area contributed by atoms with Crippen molar-refractivity contribution in [3.05, 3.63) is 16.6 Å². The molecule has 2 N–H and O–H groups in total. The maximum Gasteiger partial charge on any atom is 0.317 e. The van der Waals surface area contributed by atoms with Gasteiger partial charge in [0.1, 0.15) is 0 Å². The molecule has 0 saturated heterocycles. The zero-order valence-corrected chi connectivity index (χ0v) is 12.3. The summed E-state index contributed by atoms with van der Waals surface area (Å²) in [5.74, 6) is -0.866. The minimum Gasteiger partial charge on any atom is -0.481 e. The quantitative estimate of drug-likeness (QED) is 0.871. The molecule has 1 aliphatic carbocycles. The van der Waals surface area contributed by atoms with Gasteiger partial charge in [0.15, 0.2) is 0 Å². The molecule has 0 unspecified atom stereocenters. The second-order valence-electron chi connectivity index (χ2n) is 5.32. The van der Waals surface area contributed by atoms with Crippen molar-refractivity contribution in [3.63, 3.8) is 0 Å². The fourth-order valence-electron chi connectivity index (χ4n) is 2.64. The number of carbonyl (C=O) groups is 2. The molecule has 20 heavy (non-hydrogen) atoms. The van der Waals surface area contributed by atoms with Crippen LogP contribution in [0, 0.1) is 0 Å². The average molecular weight is 297 g/mol. The Kier molecular flexibility index (Phi) is 4.59. The lowest BCUT2D eigenvalue weighted by atomic mass is 9.93. The predicted molar refractivity (Wildman–Crippen MR) is 75.6 cm³/mol. The van der Waals surface area contributed by atoms with Crippen molar-refractivity contribution >= 4 is 23.3 Å². The molecule has 0 spiro atoms. The molecule has 1 fully saturated rings. The fraction of sp³-hybridized carbons (Fsp3) is 0.615. The van der Waals surface area contributed by atoms with Crippen molar-refractivity contribution in [1.29, 1.82) is 0 Å². The molecule has 0 atom stereocenters. The number of carboxylic acids is 1. The Labute approximate surface area is 121 Å². The molecular weight excluding hydrogens is 278 g/mol. The van der Waals surface area contributed by atoms with E-state index < -0.39 is 11.5 Å². The molecule has 1 aromatic rings. The van der Waals surface area contributed by atoms with Crippen molar-refractivity contribution in [3.8, 4) is 0 Å². The van der Waals surface area contributed by atoms with E-state index in [-0.39, 0.29) is 12.5 Å². The topological polar surface area (TPSA) is 82.5 Å². The van der Waals surface area contributed by atoms with Crippen molar-refractivity contribution in [2.75, 3.05) is 7.05 Å². The number of carbonyl (C=O) groups excluding carboxylic acids is 1. The maximum atomic E-state index is 12.2. The standard InChI is InChI=1S/C13H19N3O3S/c1-16(7-10-8-20-9-14-10)12(19)15-13(6-11(17)18)4-2-3-5-13/h8-9H,2-7H2,1H3,(H,15,19)(H,17,18). The van der Waals surface area contributed by atoms with E-state index in [1.165, 1.54) is 16.2 Å². The molecule has 2 rings (SSSR count). The number of thiazole rings is 1. The van der Waals surface area contributed by atoms with Gasteiger partial charge in [-0.1, -0.05) is 12.8 Å². The molecule has 0 bridgehead atoms. The minimum atomic E-state index is -0.866. The Bertz CT molecular complexity index is 469. The number of aliphatic carboxylic acids is 1. The predicted octanol–water partition coefficient (Wildman–Crippen LogP) is 2.07. The average Bonchev–Trinajstić information content (AvgIpc) is 3.00. The van der Waals surface area contributed by atoms with E-state index >= 15 is 0 Å². The van der Waals surface area contributed by atoms with Crippen molar-refractivity contribution in [2.24, 2.45) is 0 Å². The number of nitrogens with zero attached hydrogens (tertiary/aromatic N) is 2. The number of amides is 2. The Balaban J connectivity index is 1.95. The van der Waals surface area contributed by atoms with Crippen LogP contribution in [0.25, 0.3) is 0 Å². The van der Waals surface area contributed by atoms with E-state index in [9.17, 15) is 9.59 Å². The van der Waals surface area contributed by atoms with Crippen LogP contribution in [0.2, 0.25) is 0 Å². The molecule has 2 amide bonds. The number of rotatable bonds is 5. The number of aromatic nitrogens is 1. The number of hydrogen-bond donors (Lipinski definition) is 2. The van der Waals surface area contributed by atoms with Gasteiger partial charge in [0.2, 0.25) is 0 Å². The maximum absolute atomic E-state index is 12.2. The van der Waals surface area contributed by atoms with Gasteiger partial charge in [-0.05, 0) is 12.8 Å². The van der Waals surface area contributed by atoms with Crippen molar-refractivity contribution in [2.45, 2.75) is 44.2 Å². The van der Waals surface area contributed by atoms with Gasteiger partial charge in [0.25, 0.3) is 0 Å². The molecule has 0 aliphatic heterocycles. The third-order valence-corrected chi connectivity index (χ3v) is 4.29. The van der Waals surface area contributed by atoms with Gasteiger partial charge in [-0.25, -0.2) is 9.78 Å². The minimum absolute atomic E-state index is 0.0106. The van der Waals surface area contributed by atoms with Crippen LogP contribution in [-0.2, 0) is 11.3 Å². The Morgan fingerprint density at radius 2 is 2.20 bits per heavy atom. The lowest BCUT2D eigenvalue weighted by molar-refractivity contribution is -0.138. The van der Waals surface area contributed by atoms with Crippen LogP contribution in [0.3, 0.4) is 0 Å². The molecule has 1 saturated carbocycles. The molecule has 1 aliphatic rings. The van der Waals surface area contributed by atoms with Gasteiger partial charge in [-0.3, -0.25) is 4.79 Å². The smallest absolute Gasteiger partial charge is 0.317 e. The lowest BCUT2D eigenvalue weighted by Crippen LogP contribution is -2.51. The third kappa shape index (κ3) is 3.69. The van der Waals surface area contributed by atoms with Gasteiger partial charge in [-0.15, -0.1) is 11.3 Å². The number of hydrogen-bond acceptors (Lipinski definition) is 4. The highest BCUT2D eigenvalue weighted by Gasteiger charge is 2.38. The van der Waals surface area contributed by atoms with Crippen molar-refractivity contribution in [1.82, 2.24) is 15.2 Å². The Hall–Kier alpha value is -1.63. The largest absolute Gasteiger partial charge is 0.481 e. The monoisotopic (exact) mass is 297 g/mol. The van der Waals surface area contributed by atoms with Crippen LogP contribution in [0.15, 0.2) is 10.9 Å². The molecular formula is C13H19N3O3S. The van der Waals surface area contributed by atoms with Gasteiger partial charge in [0, 0.05) is 12.4 Å². The first-order chi connectivity index (χ1) is 9.51. The summed E-state index contributed by atoms with van der Waals surface area (Å²) < 4.78 is 0. The Morgan fingerprint density at radius 3 is 2.75 bits per heavy atom. The summed E-state index contributed by atoms with van der Waals surface area (Å²) in [5, 5.41) is 13.8. The number of carboxylic acid groups (broad SMARTS) is 1. The van der Waals surface area contributed by atoms with E-state index in [1.54, 1.807) is 12.6 Å². The molecule has 7 heteroatoms. The summed E-state index contributed by atoms with van der Waals surface area (Å²) in [6.07, 6.45) is 3.38. The van der Waals surface area contributed by atoms with Gasteiger partial charge in [0.05, 0.1) is 29.7 Å². The molecule has 110 valence electrons. The van der Waals surface area contributed by atoms with Crippen LogP contribution < -0.4 is 5.32 Å². The second kappa shape index (κ2) is 6.21. The lowest BCUT2D eigenvalue weighted by Gasteiger charge is -2.31. The summed E-state index contributed by atoms with van der Waals surface area (Å²) >= 11 is 1.49. The molecule has 0 aromatic carbocycles. The third-order valence-electron chi connectivity index (χ3n) is 3.65. The van der Waals surface area contributed by atoms with Crippen LogP contribution in [0.4, 0.5) is 4.79 Å². The highest BCUT2D eigenvalue weighted by molar-refractivity contribution is 7.07. The zero-order chi connectivity index (χ0) is 14.6. The van der Waals surface area contributed by atoms with E-state index in [4.69, 9.17) is 5.11 Å². The molecule has 0 radical (unpaired) electrons.